The van der Waals surface area contributed by atoms with E-state index in [1.807, 2.05) is 0 Å². The fourth-order valence-electron chi connectivity index (χ4n) is 3.39. The Balaban J connectivity index is 2.22. The number of anilines is 1. The quantitative estimate of drug-likeness (QED) is 0.832. The molecule has 24 heavy (non-hydrogen) atoms. The summed E-state index contributed by atoms with van der Waals surface area (Å²) in [6, 6.07) is 5.28. The van der Waals surface area contributed by atoms with Crippen LogP contribution in [0.1, 0.15) is 18.9 Å². The van der Waals surface area contributed by atoms with Gasteiger partial charge in [-0.25, -0.2) is 4.79 Å². The molecule has 0 amide bonds. The first-order valence-electron chi connectivity index (χ1n) is 8.25. The van der Waals surface area contributed by atoms with Gasteiger partial charge in [0.25, 0.3) is 5.56 Å². The zero-order valence-electron chi connectivity index (χ0n) is 14.2. The SMILES string of the molecule is COCCn1c(=O)c2cc(N)ccc2n(C2CCN(C)CC2)c1=O. The second-order valence-corrected chi connectivity index (χ2v) is 6.41. The molecule has 1 aromatic carbocycles. The summed E-state index contributed by atoms with van der Waals surface area (Å²) in [4.78, 5) is 28.0. The van der Waals surface area contributed by atoms with Crippen molar-refractivity contribution < 1.29 is 4.74 Å². The smallest absolute Gasteiger partial charge is 0.331 e. The predicted molar refractivity (Wildman–Crippen MR) is 94.5 cm³/mol. The van der Waals surface area contributed by atoms with Crippen molar-refractivity contribution in [2.45, 2.75) is 25.4 Å². The van der Waals surface area contributed by atoms with Gasteiger partial charge < -0.3 is 15.4 Å². The molecular weight excluding hydrogens is 308 g/mol. The first kappa shape index (κ1) is 16.7. The second-order valence-electron chi connectivity index (χ2n) is 6.41. The van der Waals surface area contributed by atoms with Gasteiger partial charge in [0.15, 0.2) is 0 Å². The summed E-state index contributed by atoms with van der Waals surface area (Å²) in [7, 11) is 3.64. The Kier molecular flexibility index (Phi) is 4.73. The predicted octanol–water partition coefficient (Wildman–Crippen LogP) is 0.659. The van der Waals surface area contributed by atoms with Crippen LogP contribution in [0.4, 0.5) is 5.69 Å². The molecule has 0 atom stereocenters. The summed E-state index contributed by atoms with van der Waals surface area (Å²) in [5.74, 6) is 0. The normalized spacial score (nSPS) is 16.8. The largest absolute Gasteiger partial charge is 0.399 e. The van der Waals surface area contributed by atoms with Crippen LogP contribution in [0, 0.1) is 0 Å². The molecule has 0 bridgehead atoms. The highest BCUT2D eigenvalue weighted by atomic mass is 16.5. The number of hydrogen-bond donors (Lipinski definition) is 1. The van der Waals surface area contributed by atoms with Crippen LogP contribution < -0.4 is 17.0 Å². The van der Waals surface area contributed by atoms with Crippen LogP contribution in [-0.4, -0.2) is 47.9 Å². The van der Waals surface area contributed by atoms with Crippen molar-refractivity contribution in [2.75, 3.05) is 39.6 Å². The summed E-state index contributed by atoms with van der Waals surface area (Å²) in [6.07, 6.45) is 1.77. The number of nitrogen functional groups attached to an aromatic ring is 1. The maximum atomic E-state index is 13.0. The maximum Gasteiger partial charge on any atom is 0.331 e. The second kappa shape index (κ2) is 6.78. The van der Waals surface area contributed by atoms with Gasteiger partial charge in [0.05, 0.1) is 24.1 Å². The molecule has 1 aromatic heterocycles. The van der Waals surface area contributed by atoms with Crippen molar-refractivity contribution in [3.63, 3.8) is 0 Å². The average molecular weight is 332 g/mol. The van der Waals surface area contributed by atoms with Crippen LogP contribution in [0.25, 0.3) is 10.9 Å². The van der Waals surface area contributed by atoms with Gasteiger partial charge >= 0.3 is 5.69 Å². The van der Waals surface area contributed by atoms with Gasteiger partial charge in [-0.3, -0.25) is 13.9 Å². The Morgan fingerprint density at radius 3 is 2.62 bits per heavy atom. The number of benzene rings is 1. The number of aromatic nitrogens is 2. The summed E-state index contributed by atoms with van der Waals surface area (Å²) in [5, 5.41) is 0.490. The topological polar surface area (TPSA) is 82.5 Å². The lowest BCUT2D eigenvalue weighted by Gasteiger charge is -2.31. The highest BCUT2D eigenvalue weighted by Gasteiger charge is 2.23. The van der Waals surface area contributed by atoms with Crippen LogP contribution >= 0.6 is 0 Å². The fourth-order valence-corrected chi connectivity index (χ4v) is 3.39. The van der Waals surface area contributed by atoms with Crippen LogP contribution in [0.2, 0.25) is 0 Å². The zero-order valence-corrected chi connectivity index (χ0v) is 14.2. The molecule has 2 N–H and O–H groups in total. The molecular formula is C17H24N4O3. The van der Waals surface area contributed by atoms with Crippen molar-refractivity contribution in [1.82, 2.24) is 14.0 Å². The van der Waals surface area contributed by atoms with E-state index < -0.39 is 0 Å². The van der Waals surface area contributed by atoms with E-state index in [0.717, 1.165) is 25.9 Å². The standard InChI is InChI=1S/C17H24N4O3/c1-19-7-5-13(6-8-19)21-15-4-3-12(18)11-14(15)16(22)20(17(21)23)9-10-24-2/h3-4,11,13H,5-10,18H2,1-2H3. The third-order valence-electron chi connectivity index (χ3n) is 4.76. The molecule has 7 nitrogen and oxygen atoms in total. The fraction of sp³-hybridized carbons (Fsp3) is 0.529. The van der Waals surface area contributed by atoms with Crippen LogP contribution in [0.15, 0.2) is 27.8 Å². The van der Waals surface area contributed by atoms with Gasteiger partial charge in [0, 0.05) is 18.8 Å². The van der Waals surface area contributed by atoms with E-state index in [-0.39, 0.29) is 23.8 Å². The maximum absolute atomic E-state index is 13.0. The summed E-state index contributed by atoms with van der Waals surface area (Å²) < 4.78 is 8.10. The Hall–Kier alpha value is -2.12. The molecule has 7 heteroatoms. The first-order chi connectivity index (χ1) is 11.5. The number of methoxy groups -OCH3 is 1. The van der Waals surface area contributed by atoms with Gasteiger partial charge in [-0.15, -0.1) is 0 Å². The number of piperidine rings is 1. The lowest BCUT2D eigenvalue weighted by atomic mass is 10.0. The number of ether oxygens (including phenoxy) is 1. The average Bonchev–Trinajstić information content (AvgIpc) is 2.57. The molecule has 2 heterocycles. The van der Waals surface area contributed by atoms with E-state index in [0.29, 0.717) is 23.2 Å². The molecule has 0 radical (unpaired) electrons. The first-order valence-corrected chi connectivity index (χ1v) is 8.25. The minimum Gasteiger partial charge on any atom is -0.399 e. The minimum atomic E-state index is -0.302. The van der Waals surface area contributed by atoms with E-state index in [1.54, 1.807) is 29.9 Å². The van der Waals surface area contributed by atoms with Crippen molar-refractivity contribution in [1.29, 1.82) is 0 Å². The Labute approximate surface area is 140 Å². The zero-order chi connectivity index (χ0) is 17.3. The molecule has 1 aliphatic heterocycles. The lowest BCUT2D eigenvalue weighted by molar-refractivity contribution is 0.182. The van der Waals surface area contributed by atoms with E-state index in [1.165, 1.54) is 4.57 Å². The van der Waals surface area contributed by atoms with Gasteiger partial charge in [-0.05, 0) is 51.2 Å². The Morgan fingerprint density at radius 1 is 1.25 bits per heavy atom. The third kappa shape index (κ3) is 2.97. The molecule has 1 saturated heterocycles. The molecule has 0 saturated carbocycles. The van der Waals surface area contributed by atoms with E-state index >= 15 is 0 Å². The summed E-state index contributed by atoms with van der Waals surface area (Å²) in [6.45, 7) is 2.43. The highest BCUT2D eigenvalue weighted by Crippen LogP contribution is 2.24. The molecule has 130 valence electrons. The molecule has 1 aliphatic rings. The van der Waals surface area contributed by atoms with Crippen molar-refractivity contribution in [2.24, 2.45) is 0 Å². The summed E-state index contributed by atoms with van der Waals surface area (Å²) >= 11 is 0. The minimum absolute atomic E-state index is 0.0919. The van der Waals surface area contributed by atoms with E-state index in [2.05, 4.69) is 11.9 Å². The van der Waals surface area contributed by atoms with Crippen molar-refractivity contribution in [3.8, 4) is 0 Å². The monoisotopic (exact) mass is 332 g/mol. The number of nitrogens with zero attached hydrogens (tertiary/aromatic N) is 3. The summed E-state index contributed by atoms with van der Waals surface area (Å²) in [5.41, 5.74) is 6.49. The highest BCUT2D eigenvalue weighted by molar-refractivity contribution is 5.81. The van der Waals surface area contributed by atoms with E-state index in [9.17, 15) is 9.59 Å². The number of fused-ring (bicyclic) bond motifs is 1. The van der Waals surface area contributed by atoms with Gasteiger partial charge in [0.1, 0.15) is 0 Å². The molecule has 2 aromatic rings. The van der Waals surface area contributed by atoms with Crippen molar-refractivity contribution in [3.05, 3.63) is 39.0 Å². The molecule has 0 aliphatic carbocycles. The molecule has 1 fully saturated rings. The van der Waals surface area contributed by atoms with Gasteiger partial charge in [-0.2, -0.15) is 0 Å². The molecule has 0 spiro atoms. The van der Waals surface area contributed by atoms with Gasteiger partial charge in [0.2, 0.25) is 0 Å². The molecule has 0 unspecified atom stereocenters. The lowest BCUT2D eigenvalue weighted by Crippen LogP contribution is -2.44. The van der Waals surface area contributed by atoms with Crippen LogP contribution in [0.3, 0.4) is 0 Å². The van der Waals surface area contributed by atoms with Crippen LogP contribution in [0.5, 0.6) is 0 Å². The molecule has 3 rings (SSSR count). The van der Waals surface area contributed by atoms with Crippen molar-refractivity contribution >= 4 is 16.6 Å². The van der Waals surface area contributed by atoms with Crippen LogP contribution in [-0.2, 0) is 11.3 Å². The van der Waals surface area contributed by atoms with E-state index in [4.69, 9.17) is 10.5 Å². The number of hydrogen-bond acceptors (Lipinski definition) is 5. The Morgan fingerprint density at radius 2 is 1.96 bits per heavy atom. The number of rotatable bonds is 4. The number of nitrogens with two attached hydrogens (primary N) is 1. The Bertz CT molecular complexity index is 847. The number of likely N-dealkylation sites (tertiary alicyclic amines) is 1. The van der Waals surface area contributed by atoms with Gasteiger partial charge in [-0.1, -0.05) is 0 Å². The third-order valence-corrected chi connectivity index (χ3v) is 4.76.